The fourth-order valence-electron chi connectivity index (χ4n) is 1.10. The van der Waals surface area contributed by atoms with Crippen LogP contribution in [0.1, 0.15) is 28.6 Å². The molecule has 2 N–H and O–H groups in total. The van der Waals surface area contributed by atoms with Gasteiger partial charge in [-0.3, -0.25) is 0 Å². The van der Waals surface area contributed by atoms with Crippen LogP contribution in [0.3, 0.4) is 0 Å². The Bertz CT molecular complexity index is 250. The fraction of sp³-hybridized carbons (Fsp3) is 0.571. The van der Waals surface area contributed by atoms with Crippen LogP contribution < -0.4 is 5.73 Å². The van der Waals surface area contributed by atoms with Gasteiger partial charge in [0.25, 0.3) is 0 Å². The van der Waals surface area contributed by atoms with Gasteiger partial charge in [0.1, 0.15) is 5.82 Å². The third-order valence-electron chi connectivity index (χ3n) is 1.74. The zero-order chi connectivity index (χ0) is 7.14. The first-order chi connectivity index (χ1) is 4.77. The number of anilines is 1. The normalized spacial score (nSPS) is 17.7. The molecule has 1 saturated carbocycles. The number of aromatic nitrogens is 1. The molecule has 2 nitrogen and oxygen atoms in total. The van der Waals surface area contributed by atoms with E-state index in [1.807, 2.05) is 6.92 Å². The van der Waals surface area contributed by atoms with E-state index in [1.54, 1.807) is 11.3 Å². The lowest BCUT2D eigenvalue weighted by molar-refractivity contribution is 1.16. The van der Waals surface area contributed by atoms with E-state index in [2.05, 4.69) is 4.98 Å². The SMILES string of the molecule is Cc1nc(N)c(C2CC2)s1. The lowest BCUT2D eigenvalue weighted by Gasteiger charge is -1.88. The minimum atomic E-state index is 0.756. The molecule has 1 aliphatic carbocycles. The average molecular weight is 154 g/mol. The van der Waals surface area contributed by atoms with Gasteiger partial charge in [-0.05, 0) is 25.7 Å². The molecule has 1 aliphatic rings. The first-order valence-electron chi connectivity index (χ1n) is 3.50. The molecule has 0 aromatic carbocycles. The van der Waals surface area contributed by atoms with Crippen molar-refractivity contribution in [3.8, 4) is 0 Å². The van der Waals surface area contributed by atoms with Crippen molar-refractivity contribution in [1.82, 2.24) is 4.98 Å². The van der Waals surface area contributed by atoms with Crippen molar-refractivity contribution < 1.29 is 0 Å². The van der Waals surface area contributed by atoms with Gasteiger partial charge in [0, 0.05) is 0 Å². The Hall–Kier alpha value is -0.570. The predicted octanol–water partition coefficient (Wildman–Crippen LogP) is 1.91. The number of thiazole rings is 1. The number of hydrogen-bond donors (Lipinski definition) is 1. The molecule has 1 aromatic rings. The third kappa shape index (κ3) is 0.904. The van der Waals surface area contributed by atoms with Crippen molar-refractivity contribution in [2.75, 3.05) is 5.73 Å². The Morgan fingerprint density at radius 2 is 2.30 bits per heavy atom. The summed E-state index contributed by atoms with van der Waals surface area (Å²) in [5.74, 6) is 1.52. The Labute approximate surface area is 64.1 Å². The predicted molar refractivity (Wildman–Crippen MR) is 43.2 cm³/mol. The van der Waals surface area contributed by atoms with Gasteiger partial charge in [-0.2, -0.15) is 0 Å². The molecule has 0 aliphatic heterocycles. The fourth-order valence-corrected chi connectivity index (χ4v) is 2.11. The molecule has 0 bridgehead atoms. The van der Waals surface area contributed by atoms with E-state index in [9.17, 15) is 0 Å². The van der Waals surface area contributed by atoms with Gasteiger partial charge >= 0.3 is 0 Å². The van der Waals surface area contributed by atoms with E-state index >= 15 is 0 Å². The van der Waals surface area contributed by atoms with Crippen molar-refractivity contribution in [3.63, 3.8) is 0 Å². The van der Waals surface area contributed by atoms with Crippen molar-refractivity contribution >= 4 is 17.2 Å². The van der Waals surface area contributed by atoms with E-state index in [4.69, 9.17) is 5.73 Å². The van der Waals surface area contributed by atoms with Crippen LogP contribution in [0.2, 0.25) is 0 Å². The maximum absolute atomic E-state index is 5.68. The monoisotopic (exact) mass is 154 g/mol. The molecule has 0 saturated heterocycles. The Balaban J connectivity index is 2.38. The largest absolute Gasteiger partial charge is 0.383 e. The van der Waals surface area contributed by atoms with Crippen LogP contribution in [0.25, 0.3) is 0 Å². The molecule has 1 aromatic heterocycles. The molecule has 0 atom stereocenters. The molecular formula is C7H10N2S. The lowest BCUT2D eigenvalue weighted by Crippen LogP contribution is -1.87. The summed E-state index contributed by atoms with van der Waals surface area (Å²) < 4.78 is 0. The van der Waals surface area contributed by atoms with Gasteiger partial charge in [0.05, 0.1) is 9.88 Å². The number of nitrogens with two attached hydrogens (primary N) is 1. The molecule has 3 heteroatoms. The molecule has 54 valence electrons. The first-order valence-corrected chi connectivity index (χ1v) is 4.32. The Morgan fingerprint density at radius 3 is 2.70 bits per heavy atom. The molecule has 1 heterocycles. The lowest BCUT2D eigenvalue weighted by atomic mass is 10.3. The average Bonchev–Trinajstić information content (AvgIpc) is 2.61. The zero-order valence-electron chi connectivity index (χ0n) is 5.92. The van der Waals surface area contributed by atoms with Gasteiger partial charge in [-0.1, -0.05) is 0 Å². The molecule has 10 heavy (non-hydrogen) atoms. The highest BCUT2D eigenvalue weighted by Crippen LogP contribution is 2.45. The number of hydrogen-bond acceptors (Lipinski definition) is 3. The summed E-state index contributed by atoms with van der Waals surface area (Å²) in [5, 5.41) is 1.10. The summed E-state index contributed by atoms with van der Waals surface area (Å²) in [6, 6.07) is 0. The highest BCUT2D eigenvalue weighted by Gasteiger charge is 2.27. The van der Waals surface area contributed by atoms with Gasteiger partial charge in [-0.15, -0.1) is 11.3 Å². The molecular weight excluding hydrogens is 144 g/mol. The van der Waals surface area contributed by atoms with Crippen LogP contribution in [0, 0.1) is 6.92 Å². The van der Waals surface area contributed by atoms with Crippen molar-refractivity contribution in [2.45, 2.75) is 25.7 Å². The smallest absolute Gasteiger partial charge is 0.138 e. The summed E-state index contributed by atoms with van der Waals surface area (Å²) in [4.78, 5) is 5.49. The van der Waals surface area contributed by atoms with Gasteiger partial charge in [0.15, 0.2) is 0 Å². The second kappa shape index (κ2) is 1.95. The topological polar surface area (TPSA) is 38.9 Å². The summed E-state index contributed by atoms with van der Waals surface area (Å²) in [5.41, 5.74) is 5.68. The van der Waals surface area contributed by atoms with Crippen LogP contribution in [0.5, 0.6) is 0 Å². The standard InChI is InChI=1S/C7H10N2S/c1-4-9-7(8)6(10-4)5-2-3-5/h5H,2-3,8H2,1H3. The van der Waals surface area contributed by atoms with E-state index in [0.29, 0.717) is 0 Å². The number of nitrogens with zero attached hydrogens (tertiary/aromatic N) is 1. The minimum Gasteiger partial charge on any atom is -0.383 e. The first kappa shape index (κ1) is 6.16. The van der Waals surface area contributed by atoms with Crippen molar-refractivity contribution in [1.29, 1.82) is 0 Å². The quantitative estimate of drug-likeness (QED) is 0.671. The summed E-state index contributed by atoms with van der Waals surface area (Å²) in [6.07, 6.45) is 2.62. The van der Waals surface area contributed by atoms with Gasteiger partial charge in [-0.25, -0.2) is 4.98 Å². The Kier molecular flexibility index (Phi) is 1.20. The summed E-state index contributed by atoms with van der Waals surface area (Å²) in [7, 11) is 0. The third-order valence-corrected chi connectivity index (χ3v) is 2.89. The van der Waals surface area contributed by atoms with Gasteiger partial charge < -0.3 is 5.73 Å². The van der Waals surface area contributed by atoms with Crippen LogP contribution in [0.4, 0.5) is 5.82 Å². The van der Waals surface area contributed by atoms with Crippen molar-refractivity contribution in [2.24, 2.45) is 0 Å². The molecule has 0 unspecified atom stereocenters. The van der Waals surface area contributed by atoms with Crippen LogP contribution in [-0.4, -0.2) is 4.98 Å². The number of rotatable bonds is 1. The van der Waals surface area contributed by atoms with Crippen molar-refractivity contribution in [3.05, 3.63) is 9.88 Å². The van der Waals surface area contributed by atoms with Crippen LogP contribution >= 0.6 is 11.3 Å². The molecule has 1 fully saturated rings. The number of aryl methyl sites for hydroxylation is 1. The zero-order valence-corrected chi connectivity index (χ0v) is 6.74. The van der Waals surface area contributed by atoms with Crippen LogP contribution in [-0.2, 0) is 0 Å². The molecule has 0 spiro atoms. The highest BCUT2D eigenvalue weighted by atomic mass is 32.1. The van der Waals surface area contributed by atoms with E-state index in [0.717, 1.165) is 16.7 Å². The molecule has 2 rings (SSSR count). The van der Waals surface area contributed by atoms with E-state index in [1.165, 1.54) is 17.7 Å². The molecule has 0 radical (unpaired) electrons. The Morgan fingerprint density at radius 1 is 1.60 bits per heavy atom. The second-order valence-corrected chi connectivity index (χ2v) is 3.99. The maximum Gasteiger partial charge on any atom is 0.138 e. The summed E-state index contributed by atoms with van der Waals surface area (Å²) >= 11 is 1.75. The second-order valence-electron chi connectivity index (χ2n) is 2.76. The highest BCUT2D eigenvalue weighted by molar-refractivity contribution is 7.12. The van der Waals surface area contributed by atoms with E-state index < -0.39 is 0 Å². The van der Waals surface area contributed by atoms with Crippen LogP contribution in [0.15, 0.2) is 0 Å². The maximum atomic E-state index is 5.68. The summed E-state index contributed by atoms with van der Waals surface area (Å²) in [6.45, 7) is 2.01. The number of nitrogen functional groups attached to an aromatic ring is 1. The van der Waals surface area contributed by atoms with Gasteiger partial charge in [0.2, 0.25) is 0 Å². The molecule has 0 amide bonds. The van der Waals surface area contributed by atoms with E-state index in [-0.39, 0.29) is 0 Å². The minimum absolute atomic E-state index is 0.756.